The normalized spacial score (nSPS) is 13.3. The molecule has 6 nitrogen and oxygen atoms in total. The number of ether oxygens (including phenoxy) is 3. The van der Waals surface area contributed by atoms with Gasteiger partial charge in [-0.15, -0.1) is 0 Å². The maximum atomic E-state index is 12.9. The highest BCUT2D eigenvalue weighted by Crippen LogP contribution is 2.12. The van der Waals surface area contributed by atoms with Gasteiger partial charge in [-0.2, -0.15) is 0 Å². The topological polar surface area (TPSA) is 78.9 Å². The van der Waals surface area contributed by atoms with Gasteiger partial charge in [-0.05, 0) is 148 Å². The molecule has 0 aromatic heterocycles. The van der Waals surface area contributed by atoms with Crippen molar-refractivity contribution in [3.05, 3.63) is 158 Å². The molecule has 0 radical (unpaired) electrons. The lowest BCUT2D eigenvalue weighted by atomic mass is 10.1. The summed E-state index contributed by atoms with van der Waals surface area (Å²) < 4.78 is 16.8. The number of esters is 3. The van der Waals surface area contributed by atoms with Crippen LogP contribution in [0.2, 0.25) is 0 Å². The summed E-state index contributed by atoms with van der Waals surface area (Å²) in [5.41, 5.74) is 0. The van der Waals surface area contributed by atoms with E-state index in [1.165, 1.54) is 38.5 Å². The zero-order valence-corrected chi connectivity index (χ0v) is 48.0. The standard InChI is InChI=1S/C69H108O6/c1-4-7-10-13-16-19-22-25-27-29-31-33-34-36-37-39-41-44-47-50-53-56-59-62-68(71)74-65-66(64-73-67(70)61-58-55-52-49-46-43-24-21-18-15-12-9-6-3)75-69(72)63-60-57-54-51-48-45-42-40-38-35-32-30-28-26-23-20-17-14-11-8-5-2/h7-8,10-11,16-17,19-21,24-28,31-33,35-37,40-42,44,48,51,66H,4-6,9,12-15,18,22-23,29-30,34,38-39,43,45-47,49-50,52-65H2,1-3H3/b10-7-,11-8-,19-16-,20-17-,24-21-,27-25-,28-26-,33-31-,35-32-,37-36-,42-40-,44-41-,51-48-. The molecule has 1 atom stereocenters. The molecule has 0 rings (SSSR count). The molecule has 0 aliphatic rings. The van der Waals surface area contributed by atoms with Crippen molar-refractivity contribution in [2.45, 2.75) is 245 Å². The van der Waals surface area contributed by atoms with Crippen LogP contribution < -0.4 is 0 Å². The van der Waals surface area contributed by atoms with E-state index in [1.54, 1.807) is 0 Å². The van der Waals surface area contributed by atoms with Crippen LogP contribution in [-0.4, -0.2) is 37.2 Å². The van der Waals surface area contributed by atoms with Crippen LogP contribution in [0.15, 0.2) is 158 Å². The number of allylic oxidation sites excluding steroid dienone is 26. The summed E-state index contributed by atoms with van der Waals surface area (Å²) in [5.74, 6) is -1.000. The van der Waals surface area contributed by atoms with E-state index in [9.17, 15) is 14.4 Å². The fourth-order valence-electron chi connectivity index (χ4n) is 7.56. The Labute approximate surface area is 460 Å². The molecule has 0 amide bonds. The molecule has 0 saturated heterocycles. The van der Waals surface area contributed by atoms with Gasteiger partial charge in [0.15, 0.2) is 6.10 Å². The van der Waals surface area contributed by atoms with Crippen molar-refractivity contribution in [1.82, 2.24) is 0 Å². The summed E-state index contributed by atoms with van der Waals surface area (Å²) in [6, 6.07) is 0. The van der Waals surface area contributed by atoms with Crippen LogP contribution >= 0.6 is 0 Å². The third-order valence-corrected chi connectivity index (χ3v) is 12.0. The molecule has 0 aliphatic carbocycles. The first kappa shape index (κ1) is 70.0. The molecule has 0 bridgehead atoms. The molecule has 6 heteroatoms. The quantitative estimate of drug-likeness (QED) is 0.0261. The molecule has 0 saturated carbocycles. The van der Waals surface area contributed by atoms with E-state index in [-0.39, 0.29) is 37.5 Å². The molecular weight excluding hydrogens is 925 g/mol. The highest BCUT2D eigenvalue weighted by Gasteiger charge is 2.19. The average Bonchev–Trinajstić information content (AvgIpc) is 3.41. The number of hydrogen-bond donors (Lipinski definition) is 0. The van der Waals surface area contributed by atoms with E-state index in [1.807, 2.05) is 0 Å². The van der Waals surface area contributed by atoms with Gasteiger partial charge in [-0.25, -0.2) is 0 Å². The molecule has 0 spiro atoms. The molecular formula is C69H108O6. The molecule has 0 heterocycles. The zero-order valence-electron chi connectivity index (χ0n) is 48.0. The summed E-state index contributed by atoms with van der Waals surface area (Å²) in [6.45, 7) is 6.32. The van der Waals surface area contributed by atoms with Gasteiger partial charge in [-0.3, -0.25) is 14.4 Å². The fraction of sp³-hybridized carbons (Fsp3) is 0.580. The second kappa shape index (κ2) is 61.6. The highest BCUT2D eigenvalue weighted by atomic mass is 16.6. The average molecular weight is 1030 g/mol. The third kappa shape index (κ3) is 59.8. The summed E-state index contributed by atoms with van der Waals surface area (Å²) in [5, 5.41) is 0. The number of hydrogen-bond acceptors (Lipinski definition) is 6. The van der Waals surface area contributed by atoms with Crippen LogP contribution in [0, 0.1) is 0 Å². The Hall–Kier alpha value is -4.97. The van der Waals surface area contributed by atoms with E-state index >= 15 is 0 Å². The summed E-state index contributed by atoms with van der Waals surface area (Å²) in [4.78, 5) is 38.2. The minimum absolute atomic E-state index is 0.115. The van der Waals surface area contributed by atoms with Crippen LogP contribution in [-0.2, 0) is 28.6 Å². The SMILES string of the molecule is CC/C=C\C/C=C\C/C=C\C/C=C\C/C=C\C/C=C\CCCCCCC(=O)OCC(COC(=O)CCCCCCC/C=C\CCCCCC)OC(=O)CCCC/C=C\C/C=C\C/C=C\C/C=C\C/C=C\C/C=C\CC. The molecule has 1 unspecified atom stereocenters. The molecule has 0 aromatic rings. The lowest BCUT2D eigenvalue weighted by Crippen LogP contribution is -2.30. The first-order chi connectivity index (χ1) is 37.0. The fourth-order valence-corrected chi connectivity index (χ4v) is 7.56. The smallest absolute Gasteiger partial charge is 0.306 e. The lowest BCUT2D eigenvalue weighted by Gasteiger charge is -2.18. The van der Waals surface area contributed by atoms with E-state index in [2.05, 4.69) is 179 Å². The molecule has 0 aliphatic heterocycles. The lowest BCUT2D eigenvalue weighted by molar-refractivity contribution is -0.167. The Morgan fingerprint density at radius 1 is 0.280 bits per heavy atom. The van der Waals surface area contributed by atoms with Gasteiger partial charge >= 0.3 is 17.9 Å². The van der Waals surface area contributed by atoms with E-state index in [4.69, 9.17) is 14.2 Å². The largest absolute Gasteiger partial charge is 0.462 e. The van der Waals surface area contributed by atoms with E-state index < -0.39 is 6.10 Å². The second-order valence-corrected chi connectivity index (χ2v) is 19.1. The third-order valence-electron chi connectivity index (χ3n) is 12.0. The van der Waals surface area contributed by atoms with Gasteiger partial charge in [0.2, 0.25) is 0 Å². The van der Waals surface area contributed by atoms with Gasteiger partial charge in [0, 0.05) is 19.3 Å². The predicted molar refractivity (Wildman–Crippen MR) is 325 cm³/mol. The van der Waals surface area contributed by atoms with Gasteiger partial charge in [-0.1, -0.05) is 230 Å². The molecule has 75 heavy (non-hydrogen) atoms. The van der Waals surface area contributed by atoms with Crippen LogP contribution in [0.1, 0.15) is 239 Å². The Balaban J connectivity index is 4.54. The first-order valence-corrected chi connectivity index (χ1v) is 30.0. The Morgan fingerprint density at radius 3 is 0.853 bits per heavy atom. The predicted octanol–water partition coefficient (Wildman–Crippen LogP) is 20.5. The van der Waals surface area contributed by atoms with Gasteiger partial charge < -0.3 is 14.2 Å². The minimum Gasteiger partial charge on any atom is -0.462 e. The van der Waals surface area contributed by atoms with Crippen LogP contribution in [0.4, 0.5) is 0 Å². The van der Waals surface area contributed by atoms with Crippen molar-refractivity contribution in [3.8, 4) is 0 Å². The number of unbranched alkanes of at least 4 members (excludes halogenated alkanes) is 15. The van der Waals surface area contributed by atoms with Crippen molar-refractivity contribution in [2.75, 3.05) is 13.2 Å². The molecule has 420 valence electrons. The molecule has 0 fully saturated rings. The Kier molecular flexibility index (Phi) is 57.5. The van der Waals surface area contributed by atoms with Crippen molar-refractivity contribution in [3.63, 3.8) is 0 Å². The summed E-state index contributed by atoms with van der Waals surface area (Å²) >= 11 is 0. The maximum Gasteiger partial charge on any atom is 0.306 e. The summed E-state index contributed by atoms with van der Waals surface area (Å²) in [7, 11) is 0. The maximum absolute atomic E-state index is 12.9. The Morgan fingerprint density at radius 2 is 0.520 bits per heavy atom. The highest BCUT2D eigenvalue weighted by molar-refractivity contribution is 5.71. The minimum atomic E-state index is -0.824. The van der Waals surface area contributed by atoms with Crippen molar-refractivity contribution in [2.24, 2.45) is 0 Å². The van der Waals surface area contributed by atoms with E-state index in [0.29, 0.717) is 19.3 Å². The van der Waals surface area contributed by atoms with Crippen molar-refractivity contribution in [1.29, 1.82) is 0 Å². The van der Waals surface area contributed by atoms with Crippen molar-refractivity contribution < 1.29 is 28.6 Å². The first-order valence-electron chi connectivity index (χ1n) is 30.0. The zero-order chi connectivity index (χ0) is 54.3. The van der Waals surface area contributed by atoms with Crippen molar-refractivity contribution >= 4 is 17.9 Å². The number of rotatable bonds is 52. The second-order valence-electron chi connectivity index (χ2n) is 19.1. The monoisotopic (exact) mass is 1030 g/mol. The van der Waals surface area contributed by atoms with Gasteiger partial charge in [0.1, 0.15) is 13.2 Å². The summed E-state index contributed by atoms with van der Waals surface area (Å²) in [6.07, 6.45) is 89.5. The van der Waals surface area contributed by atoms with Crippen LogP contribution in [0.3, 0.4) is 0 Å². The number of carbonyl (C=O) groups excluding carboxylic acids is 3. The number of carbonyl (C=O) groups is 3. The Bertz CT molecular complexity index is 1710. The van der Waals surface area contributed by atoms with Crippen LogP contribution in [0.25, 0.3) is 0 Å². The van der Waals surface area contributed by atoms with Crippen LogP contribution in [0.5, 0.6) is 0 Å². The molecule has 0 N–H and O–H groups in total. The van der Waals surface area contributed by atoms with Gasteiger partial charge in [0.05, 0.1) is 0 Å². The van der Waals surface area contributed by atoms with E-state index in [0.717, 1.165) is 154 Å². The molecule has 0 aromatic carbocycles. The van der Waals surface area contributed by atoms with Gasteiger partial charge in [0.25, 0.3) is 0 Å².